The van der Waals surface area contributed by atoms with Crippen molar-refractivity contribution in [2.45, 2.75) is 0 Å². The van der Waals surface area contributed by atoms with Crippen LogP contribution in [0.1, 0.15) is 0 Å². The molecule has 0 amide bonds. The molecule has 0 aliphatic rings. The third kappa shape index (κ3) is 1.86. The molecular weight excluding hydrogens is 144 g/mol. The van der Waals surface area contributed by atoms with E-state index in [1.807, 2.05) is 12.1 Å². The van der Waals surface area contributed by atoms with Crippen molar-refractivity contribution < 1.29 is 9.53 Å². The molecule has 0 aliphatic heterocycles. The first-order chi connectivity index (χ1) is 4.83. The summed E-state index contributed by atoms with van der Waals surface area (Å²) in [5.41, 5.74) is 0. The van der Waals surface area contributed by atoms with Gasteiger partial charge in [-0.25, -0.2) is 0 Å². The molecule has 0 unspecified atom stereocenters. The lowest BCUT2D eigenvalue weighted by Gasteiger charge is -1.96. The van der Waals surface area contributed by atoms with Crippen molar-refractivity contribution in [3.05, 3.63) is 24.3 Å². The average molecular weight is 154 g/mol. The normalized spacial score (nSPS) is 10.9. The largest absolute Gasteiger partial charge is 0.508 e. The number of benzene rings is 1. The standard InChI is InChI=1S/C7H10O2Si/c1-9-10-7-4-2-6(8)3-5-7/h2-5,8H,10H2,1H3. The summed E-state index contributed by atoms with van der Waals surface area (Å²) >= 11 is 0. The highest BCUT2D eigenvalue weighted by atomic mass is 28.2. The van der Waals surface area contributed by atoms with Crippen molar-refractivity contribution in [1.29, 1.82) is 0 Å². The SMILES string of the molecule is CO[SiH2]c1ccc(O)cc1. The first-order valence-corrected chi connectivity index (χ1v) is 4.38. The second-order valence-corrected chi connectivity index (χ2v) is 3.78. The molecule has 0 spiro atoms. The fourth-order valence-corrected chi connectivity index (χ4v) is 1.52. The van der Waals surface area contributed by atoms with Crippen molar-refractivity contribution in [2.75, 3.05) is 7.11 Å². The Morgan fingerprint density at radius 1 is 1.30 bits per heavy atom. The highest BCUT2D eigenvalue weighted by Gasteiger charge is 1.90. The molecule has 1 aromatic rings. The summed E-state index contributed by atoms with van der Waals surface area (Å²) in [6.07, 6.45) is 0. The Hall–Kier alpha value is -0.803. The van der Waals surface area contributed by atoms with E-state index < -0.39 is 9.76 Å². The highest BCUT2D eigenvalue weighted by Crippen LogP contribution is 2.02. The lowest BCUT2D eigenvalue weighted by Crippen LogP contribution is -2.14. The van der Waals surface area contributed by atoms with Crippen LogP contribution in [0.3, 0.4) is 0 Å². The van der Waals surface area contributed by atoms with Crippen molar-refractivity contribution in [3.8, 4) is 5.75 Å². The van der Waals surface area contributed by atoms with Gasteiger partial charge in [0.25, 0.3) is 0 Å². The smallest absolute Gasteiger partial charge is 0.191 e. The molecule has 0 fully saturated rings. The third-order valence-electron chi connectivity index (χ3n) is 1.25. The minimum absolute atomic E-state index is 0.314. The van der Waals surface area contributed by atoms with Gasteiger partial charge in [0.1, 0.15) is 5.75 Å². The minimum atomic E-state index is -0.528. The summed E-state index contributed by atoms with van der Waals surface area (Å²) in [5.74, 6) is 0.314. The fraction of sp³-hybridized carbons (Fsp3) is 0.143. The van der Waals surface area contributed by atoms with Crippen LogP contribution >= 0.6 is 0 Å². The van der Waals surface area contributed by atoms with Crippen LogP contribution in [0.5, 0.6) is 5.75 Å². The average Bonchev–Trinajstić information content (AvgIpc) is 1.95. The van der Waals surface area contributed by atoms with Crippen LogP contribution < -0.4 is 5.19 Å². The van der Waals surface area contributed by atoms with E-state index >= 15 is 0 Å². The Morgan fingerprint density at radius 2 is 1.90 bits per heavy atom. The number of hydrogen-bond donors (Lipinski definition) is 1. The number of rotatable bonds is 2. The summed E-state index contributed by atoms with van der Waals surface area (Å²) in [7, 11) is 1.18. The van der Waals surface area contributed by atoms with Gasteiger partial charge in [0, 0.05) is 7.11 Å². The third-order valence-corrected chi connectivity index (χ3v) is 2.34. The van der Waals surface area contributed by atoms with E-state index in [9.17, 15) is 0 Å². The van der Waals surface area contributed by atoms with Gasteiger partial charge in [0.15, 0.2) is 9.76 Å². The van der Waals surface area contributed by atoms with Crippen molar-refractivity contribution in [1.82, 2.24) is 0 Å². The number of phenolic OH excluding ortho intramolecular Hbond substituents is 1. The second kappa shape index (κ2) is 3.39. The lowest BCUT2D eigenvalue weighted by molar-refractivity contribution is 0.450. The molecule has 0 aromatic heterocycles. The Labute approximate surface area is 62.4 Å². The van der Waals surface area contributed by atoms with E-state index in [-0.39, 0.29) is 0 Å². The molecular formula is C7H10O2Si. The molecule has 0 saturated heterocycles. The van der Waals surface area contributed by atoms with Gasteiger partial charge in [0.2, 0.25) is 0 Å². The molecule has 1 N–H and O–H groups in total. The van der Waals surface area contributed by atoms with Gasteiger partial charge in [-0.3, -0.25) is 0 Å². The monoisotopic (exact) mass is 154 g/mol. The predicted octanol–water partition coefficient (Wildman–Crippen LogP) is -0.252. The van der Waals surface area contributed by atoms with E-state index in [4.69, 9.17) is 9.53 Å². The molecule has 54 valence electrons. The van der Waals surface area contributed by atoms with E-state index in [0.717, 1.165) is 0 Å². The summed E-state index contributed by atoms with van der Waals surface area (Å²) in [5, 5.41) is 10.1. The first-order valence-electron chi connectivity index (χ1n) is 3.10. The Bertz CT molecular complexity index is 195. The Balaban J connectivity index is 2.69. The summed E-state index contributed by atoms with van der Waals surface area (Å²) < 4.78 is 5.02. The van der Waals surface area contributed by atoms with Gasteiger partial charge >= 0.3 is 0 Å². The van der Waals surface area contributed by atoms with E-state index in [1.54, 1.807) is 19.2 Å². The van der Waals surface area contributed by atoms with Crippen LogP contribution in [0.4, 0.5) is 0 Å². The summed E-state index contributed by atoms with van der Waals surface area (Å²) in [6.45, 7) is 0. The summed E-state index contributed by atoms with van der Waals surface area (Å²) in [6, 6.07) is 7.15. The molecule has 3 heteroatoms. The van der Waals surface area contributed by atoms with Gasteiger partial charge in [-0.15, -0.1) is 0 Å². The van der Waals surface area contributed by atoms with Crippen LogP contribution in [-0.4, -0.2) is 22.0 Å². The lowest BCUT2D eigenvalue weighted by atomic mass is 10.3. The fourth-order valence-electron chi connectivity index (χ4n) is 0.759. The molecule has 1 rings (SSSR count). The molecule has 2 nitrogen and oxygen atoms in total. The first kappa shape index (κ1) is 7.31. The molecule has 1 aromatic carbocycles. The quantitative estimate of drug-likeness (QED) is 0.595. The van der Waals surface area contributed by atoms with Gasteiger partial charge in [-0.05, 0) is 17.3 Å². The zero-order valence-electron chi connectivity index (χ0n) is 5.87. The zero-order chi connectivity index (χ0) is 7.40. The second-order valence-electron chi connectivity index (χ2n) is 2.10. The Morgan fingerprint density at radius 3 is 2.40 bits per heavy atom. The number of hydrogen-bond acceptors (Lipinski definition) is 2. The van der Waals surface area contributed by atoms with Gasteiger partial charge in [0.05, 0.1) is 0 Å². The van der Waals surface area contributed by atoms with Crippen LogP contribution in [-0.2, 0) is 4.43 Å². The maximum absolute atomic E-state index is 8.90. The minimum Gasteiger partial charge on any atom is -0.508 e. The van der Waals surface area contributed by atoms with Crippen LogP contribution in [0.25, 0.3) is 0 Å². The van der Waals surface area contributed by atoms with Gasteiger partial charge in [-0.2, -0.15) is 0 Å². The van der Waals surface area contributed by atoms with Crippen LogP contribution in [0, 0.1) is 0 Å². The van der Waals surface area contributed by atoms with E-state index in [0.29, 0.717) is 5.75 Å². The van der Waals surface area contributed by atoms with Crippen molar-refractivity contribution in [3.63, 3.8) is 0 Å². The zero-order valence-corrected chi connectivity index (χ0v) is 7.29. The van der Waals surface area contributed by atoms with Gasteiger partial charge in [-0.1, -0.05) is 12.1 Å². The maximum atomic E-state index is 8.90. The topological polar surface area (TPSA) is 29.5 Å². The molecule has 0 radical (unpaired) electrons. The number of phenols is 1. The molecule has 0 heterocycles. The van der Waals surface area contributed by atoms with Crippen molar-refractivity contribution in [2.24, 2.45) is 0 Å². The molecule has 0 aliphatic carbocycles. The van der Waals surface area contributed by atoms with Crippen molar-refractivity contribution >= 4 is 14.9 Å². The molecule has 0 bridgehead atoms. The Kier molecular flexibility index (Phi) is 2.47. The van der Waals surface area contributed by atoms with Gasteiger partial charge < -0.3 is 9.53 Å². The maximum Gasteiger partial charge on any atom is 0.191 e. The molecule has 10 heavy (non-hydrogen) atoms. The van der Waals surface area contributed by atoms with E-state index in [2.05, 4.69) is 0 Å². The predicted molar refractivity (Wildman–Crippen MR) is 43.3 cm³/mol. The summed E-state index contributed by atoms with van der Waals surface area (Å²) in [4.78, 5) is 0. The highest BCUT2D eigenvalue weighted by molar-refractivity contribution is 6.46. The van der Waals surface area contributed by atoms with Crippen LogP contribution in [0.2, 0.25) is 0 Å². The molecule has 0 saturated carbocycles. The van der Waals surface area contributed by atoms with E-state index in [1.165, 1.54) is 5.19 Å². The number of aromatic hydroxyl groups is 1. The van der Waals surface area contributed by atoms with Crippen LogP contribution in [0.15, 0.2) is 24.3 Å². The molecule has 0 atom stereocenters.